The maximum Gasteiger partial charge on any atom is 0.240 e. The van der Waals surface area contributed by atoms with Gasteiger partial charge in [-0.1, -0.05) is 24.3 Å². The number of tetrazole rings is 1. The maximum absolute atomic E-state index is 14.1. The molecule has 0 saturated heterocycles. The van der Waals surface area contributed by atoms with Crippen molar-refractivity contribution in [2.45, 2.75) is 38.1 Å². The molecule has 2 heterocycles. The number of benzene rings is 2. The first-order valence-electron chi connectivity index (χ1n) is 13.4. The van der Waals surface area contributed by atoms with Gasteiger partial charge in [-0.25, -0.2) is 0 Å². The summed E-state index contributed by atoms with van der Waals surface area (Å²) in [6.45, 7) is 0.616. The van der Waals surface area contributed by atoms with Crippen molar-refractivity contribution >= 4 is 35.6 Å². The molecule has 1 aliphatic carbocycles. The second kappa shape index (κ2) is 13.3. The number of nitrogens with one attached hydrogen (secondary N) is 1. The number of aromatic nitrogens is 5. The topological polar surface area (TPSA) is 183 Å². The lowest BCUT2D eigenvalue weighted by atomic mass is 9.81. The Hall–Kier alpha value is -4.35. The first-order valence-corrected chi connectivity index (χ1v) is 13.4. The monoisotopic (exact) mass is 575 g/mol. The summed E-state index contributed by atoms with van der Waals surface area (Å²) in [6.07, 6.45) is 6.79. The number of nitrogen functional groups attached to an aromatic ring is 1. The smallest absolute Gasteiger partial charge is 0.240 e. The maximum atomic E-state index is 14.1. The zero-order valence-electron chi connectivity index (χ0n) is 22.5. The molecule has 7 N–H and O–H groups in total. The molecule has 2 aromatic heterocycles. The Morgan fingerprint density at radius 3 is 2.37 bits per heavy atom. The van der Waals surface area contributed by atoms with E-state index < -0.39 is 11.9 Å². The van der Waals surface area contributed by atoms with Crippen LogP contribution in [-0.2, 0) is 16.0 Å². The molecule has 214 valence electrons. The Morgan fingerprint density at radius 1 is 0.976 bits per heavy atom. The summed E-state index contributed by atoms with van der Waals surface area (Å²) in [5.74, 6) is -0.0527. The van der Waals surface area contributed by atoms with Gasteiger partial charge in [0, 0.05) is 41.5 Å². The quantitative estimate of drug-likeness (QED) is 0.234. The molecule has 11 nitrogen and oxygen atoms in total. The van der Waals surface area contributed by atoms with E-state index in [1.807, 2.05) is 30.3 Å². The van der Waals surface area contributed by atoms with Gasteiger partial charge in [-0.2, -0.15) is 5.21 Å². The molecule has 0 unspecified atom stereocenters. The minimum Gasteiger partial charge on any atom is -0.397 e. The molecular weight excluding hydrogens is 542 g/mol. The van der Waals surface area contributed by atoms with Gasteiger partial charge in [0.25, 0.3) is 0 Å². The van der Waals surface area contributed by atoms with Gasteiger partial charge in [0.05, 0.1) is 5.69 Å². The number of carbonyl (C=O) groups excluding carboxylic acids is 2. The lowest BCUT2D eigenvalue weighted by Gasteiger charge is -2.35. The highest BCUT2D eigenvalue weighted by molar-refractivity contribution is 6.01. The number of rotatable bonds is 9. The van der Waals surface area contributed by atoms with Crippen molar-refractivity contribution in [3.8, 4) is 22.5 Å². The fourth-order valence-corrected chi connectivity index (χ4v) is 5.39. The Balaban J connectivity index is 0.00000387. The number of H-pyrrole nitrogens is 1. The largest absolute Gasteiger partial charge is 0.397 e. The molecule has 1 fully saturated rings. The number of primary amides is 1. The van der Waals surface area contributed by atoms with Crippen LogP contribution in [0.2, 0.25) is 0 Å². The van der Waals surface area contributed by atoms with E-state index in [0.717, 1.165) is 47.9 Å². The molecule has 2 aromatic carbocycles. The summed E-state index contributed by atoms with van der Waals surface area (Å²) in [7, 11) is 0. The molecule has 1 aliphatic rings. The van der Waals surface area contributed by atoms with Crippen molar-refractivity contribution in [1.82, 2.24) is 25.6 Å². The number of nitrogens with zero attached hydrogens (tertiary/aromatic N) is 5. The molecule has 1 saturated carbocycles. The molecule has 12 heteroatoms. The molecule has 0 aliphatic heterocycles. The zero-order chi connectivity index (χ0) is 28.1. The van der Waals surface area contributed by atoms with Crippen molar-refractivity contribution in [3.63, 3.8) is 0 Å². The van der Waals surface area contributed by atoms with Gasteiger partial charge in [0.2, 0.25) is 17.6 Å². The van der Waals surface area contributed by atoms with Crippen LogP contribution in [0, 0.1) is 11.8 Å². The van der Waals surface area contributed by atoms with Gasteiger partial charge in [-0.05, 0) is 84.8 Å². The highest BCUT2D eigenvalue weighted by Crippen LogP contribution is 2.33. The van der Waals surface area contributed by atoms with Gasteiger partial charge >= 0.3 is 0 Å². The summed E-state index contributed by atoms with van der Waals surface area (Å²) in [6, 6.07) is 15.9. The summed E-state index contributed by atoms with van der Waals surface area (Å²) in [4.78, 5) is 32.9. The van der Waals surface area contributed by atoms with Crippen molar-refractivity contribution in [2.75, 3.05) is 17.2 Å². The Labute approximate surface area is 244 Å². The average molecular weight is 576 g/mol. The van der Waals surface area contributed by atoms with Crippen LogP contribution in [0.1, 0.15) is 31.2 Å². The van der Waals surface area contributed by atoms with Crippen LogP contribution in [0.5, 0.6) is 0 Å². The lowest BCUT2D eigenvalue weighted by Crippen LogP contribution is -2.52. The lowest BCUT2D eigenvalue weighted by molar-refractivity contribution is -0.127. The third-order valence-electron chi connectivity index (χ3n) is 7.60. The molecule has 1 atom stereocenters. The molecule has 0 spiro atoms. The standard InChI is InChI=1S/C29H33N9O2.ClH/c30-15-18-4-6-21(7-5-18)29(40)38(25-10-8-20(9-11-25)28-34-36-37-35-28)26(27(32)39)13-19-2-1-3-22(12-19)23-14-24(31)17-33-16-23;/h1-3,8-12,14,16-18,21,26H,4-7,13,15,30-31H2,(H2,32,39)(H,34,35,36,37);1H/t18?,21?,26-;/m0./s1. The summed E-state index contributed by atoms with van der Waals surface area (Å²) < 4.78 is 0. The van der Waals surface area contributed by atoms with Crippen molar-refractivity contribution in [1.29, 1.82) is 0 Å². The van der Waals surface area contributed by atoms with E-state index in [-0.39, 0.29) is 30.7 Å². The van der Waals surface area contributed by atoms with E-state index in [1.54, 1.807) is 41.6 Å². The van der Waals surface area contributed by atoms with Gasteiger partial charge in [0.1, 0.15) is 6.04 Å². The van der Waals surface area contributed by atoms with Crippen molar-refractivity contribution < 1.29 is 9.59 Å². The van der Waals surface area contributed by atoms with E-state index >= 15 is 0 Å². The van der Waals surface area contributed by atoms with Gasteiger partial charge in [-0.15, -0.1) is 22.6 Å². The molecule has 4 aromatic rings. The predicted octanol–water partition coefficient (Wildman–Crippen LogP) is 3.13. The van der Waals surface area contributed by atoms with Crippen LogP contribution < -0.4 is 22.1 Å². The molecule has 0 bridgehead atoms. The summed E-state index contributed by atoms with van der Waals surface area (Å²) in [5, 5.41) is 14.1. The number of amides is 2. The molecular formula is C29H34ClN9O2. The summed E-state index contributed by atoms with van der Waals surface area (Å²) in [5.41, 5.74) is 22.3. The van der Waals surface area contributed by atoms with Gasteiger partial charge in [0.15, 0.2) is 0 Å². The van der Waals surface area contributed by atoms with E-state index in [4.69, 9.17) is 17.2 Å². The minimum atomic E-state index is -0.898. The number of halogens is 1. The number of nitrogens with two attached hydrogens (primary N) is 3. The number of anilines is 2. The fourth-order valence-electron chi connectivity index (χ4n) is 5.39. The van der Waals surface area contributed by atoms with Crippen LogP contribution in [0.4, 0.5) is 11.4 Å². The second-order valence-electron chi connectivity index (χ2n) is 10.3. The van der Waals surface area contributed by atoms with Crippen LogP contribution in [0.25, 0.3) is 22.5 Å². The number of hydrogen-bond acceptors (Lipinski definition) is 8. The minimum absolute atomic E-state index is 0. The molecule has 41 heavy (non-hydrogen) atoms. The van der Waals surface area contributed by atoms with Crippen molar-refractivity contribution in [2.24, 2.45) is 23.3 Å². The van der Waals surface area contributed by atoms with Crippen LogP contribution in [0.3, 0.4) is 0 Å². The van der Waals surface area contributed by atoms with Crippen LogP contribution in [0.15, 0.2) is 67.0 Å². The summed E-state index contributed by atoms with van der Waals surface area (Å²) >= 11 is 0. The van der Waals surface area contributed by atoms with E-state index in [9.17, 15) is 9.59 Å². The first-order chi connectivity index (χ1) is 19.4. The molecule has 0 radical (unpaired) electrons. The first kappa shape index (κ1) is 29.6. The average Bonchev–Trinajstić information content (AvgIpc) is 3.52. The van der Waals surface area contributed by atoms with Crippen molar-refractivity contribution in [3.05, 3.63) is 72.6 Å². The zero-order valence-corrected chi connectivity index (χ0v) is 23.3. The highest BCUT2D eigenvalue weighted by Gasteiger charge is 2.36. The number of hydrogen-bond donors (Lipinski definition) is 4. The normalized spacial score (nSPS) is 17.3. The Kier molecular flexibility index (Phi) is 9.64. The number of carbonyl (C=O) groups is 2. The Morgan fingerprint density at radius 2 is 1.73 bits per heavy atom. The Bertz CT molecular complexity index is 1460. The van der Waals surface area contributed by atoms with Gasteiger partial charge in [-0.3, -0.25) is 19.5 Å². The molecule has 5 rings (SSSR count). The predicted molar refractivity (Wildman–Crippen MR) is 160 cm³/mol. The second-order valence-corrected chi connectivity index (χ2v) is 10.3. The third kappa shape index (κ3) is 6.87. The third-order valence-corrected chi connectivity index (χ3v) is 7.60. The van der Waals surface area contributed by atoms with Gasteiger partial charge < -0.3 is 17.2 Å². The highest BCUT2D eigenvalue weighted by atomic mass is 35.5. The number of aromatic amines is 1. The van der Waals surface area contributed by atoms with Crippen LogP contribution >= 0.6 is 12.4 Å². The van der Waals surface area contributed by atoms with E-state index in [2.05, 4.69) is 25.6 Å². The fraction of sp³-hybridized carbons (Fsp3) is 0.310. The number of pyridine rings is 1. The molecule has 2 amide bonds. The van der Waals surface area contributed by atoms with Crippen LogP contribution in [-0.4, -0.2) is 50.0 Å². The van der Waals surface area contributed by atoms with E-state index in [0.29, 0.717) is 29.7 Å². The SMILES string of the molecule is Cl.NCC1CCC(C(=O)N(c2ccc(-c3nn[nH]n3)cc2)[C@@H](Cc2cccc(-c3cncc(N)c3)c2)C(N)=O)CC1. The van der Waals surface area contributed by atoms with E-state index in [1.165, 1.54) is 0 Å².